The average Bonchev–Trinajstić information content (AvgIpc) is 2.07. The summed E-state index contributed by atoms with van der Waals surface area (Å²) in [5, 5.41) is 13.3. The summed E-state index contributed by atoms with van der Waals surface area (Å²) in [7, 11) is 0. The van der Waals surface area contributed by atoms with Gasteiger partial charge in [0.1, 0.15) is 0 Å². The predicted octanol–water partition coefficient (Wildman–Crippen LogP) is 0.687. The first kappa shape index (κ1) is 12.0. The maximum absolute atomic E-state index is 9.99. The van der Waals surface area contributed by atoms with Crippen LogP contribution in [0.3, 0.4) is 0 Å². The van der Waals surface area contributed by atoms with Crippen LogP contribution in [0.1, 0.15) is 27.7 Å². The number of nitrogens with one attached hydrogen (secondary N) is 1. The zero-order valence-corrected chi connectivity index (χ0v) is 9.88. The molecule has 1 saturated heterocycles. The maximum Gasteiger partial charge on any atom is 0.0715 e. The highest BCUT2D eigenvalue weighted by Gasteiger charge is 2.27. The summed E-state index contributed by atoms with van der Waals surface area (Å²) in [6, 6.07) is 0.542. The van der Waals surface area contributed by atoms with E-state index in [1.54, 1.807) is 0 Å². The van der Waals surface area contributed by atoms with Gasteiger partial charge in [-0.15, -0.1) is 0 Å². The van der Waals surface area contributed by atoms with Gasteiger partial charge in [-0.25, -0.2) is 0 Å². The molecule has 1 heterocycles. The molecule has 0 aromatic heterocycles. The van der Waals surface area contributed by atoms with Crippen LogP contribution in [0.5, 0.6) is 0 Å². The Labute approximate surface area is 87.5 Å². The van der Waals surface area contributed by atoms with E-state index < -0.39 is 0 Å². The van der Waals surface area contributed by atoms with Gasteiger partial charge in [-0.3, -0.25) is 4.90 Å². The smallest absolute Gasteiger partial charge is 0.0715 e. The van der Waals surface area contributed by atoms with Crippen LogP contribution in [-0.2, 0) is 0 Å². The van der Waals surface area contributed by atoms with Crippen LogP contribution < -0.4 is 5.32 Å². The van der Waals surface area contributed by atoms with Crippen LogP contribution in [0.2, 0.25) is 0 Å². The summed E-state index contributed by atoms with van der Waals surface area (Å²) in [5.41, 5.74) is -0.00933. The minimum absolute atomic E-state index is 0.00933. The van der Waals surface area contributed by atoms with E-state index in [9.17, 15) is 5.11 Å². The lowest BCUT2D eigenvalue weighted by molar-refractivity contribution is 0.0127. The van der Waals surface area contributed by atoms with E-state index in [1.807, 2.05) is 0 Å². The summed E-state index contributed by atoms with van der Waals surface area (Å²) in [6.07, 6.45) is -0.233. The van der Waals surface area contributed by atoms with Crippen molar-refractivity contribution in [3.8, 4) is 0 Å². The lowest BCUT2D eigenvalue weighted by Crippen LogP contribution is -2.53. The lowest BCUT2D eigenvalue weighted by atomic mass is 9.88. The molecular weight excluding hydrogens is 176 g/mol. The van der Waals surface area contributed by atoms with Gasteiger partial charge in [-0.05, 0) is 12.3 Å². The first-order valence-corrected chi connectivity index (χ1v) is 5.54. The Hall–Kier alpha value is -0.120. The number of nitrogens with zero attached hydrogens (tertiary/aromatic N) is 1. The second-order valence-corrected chi connectivity index (χ2v) is 5.43. The number of hydrogen-bond acceptors (Lipinski definition) is 3. The van der Waals surface area contributed by atoms with Gasteiger partial charge >= 0.3 is 0 Å². The minimum Gasteiger partial charge on any atom is -0.391 e. The van der Waals surface area contributed by atoms with E-state index in [-0.39, 0.29) is 11.5 Å². The zero-order chi connectivity index (χ0) is 10.8. The monoisotopic (exact) mass is 200 g/mol. The Kier molecular flexibility index (Phi) is 3.93. The van der Waals surface area contributed by atoms with Crippen molar-refractivity contribution in [2.75, 3.05) is 26.2 Å². The van der Waals surface area contributed by atoms with Crippen molar-refractivity contribution in [2.45, 2.75) is 39.8 Å². The molecule has 1 unspecified atom stereocenters. The molecule has 1 aliphatic heterocycles. The standard InChI is InChI=1S/C11H24N2O/c1-9-7-12-5-6-13(9)8-10(14)11(2,3)4/h9-10,12,14H,5-8H2,1-4H3/t9-,10?/m1/s1. The van der Waals surface area contributed by atoms with Crippen LogP contribution in [0.4, 0.5) is 0 Å². The summed E-state index contributed by atoms with van der Waals surface area (Å²) < 4.78 is 0. The van der Waals surface area contributed by atoms with E-state index in [1.165, 1.54) is 0 Å². The van der Waals surface area contributed by atoms with Gasteiger partial charge in [0, 0.05) is 32.2 Å². The minimum atomic E-state index is -0.233. The fourth-order valence-corrected chi connectivity index (χ4v) is 1.65. The van der Waals surface area contributed by atoms with Crippen molar-refractivity contribution < 1.29 is 5.11 Å². The molecule has 1 rings (SSSR count). The van der Waals surface area contributed by atoms with E-state index in [4.69, 9.17) is 0 Å². The van der Waals surface area contributed by atoms with Gasteiger partial charge in [-0.1, -0.05) is 20.8 Å². The number of piperazine rings is 1. The van der Waals surface area contributed by atoms with E-state index in [0.29, 0.717) is 6.04 Å². The molecule has 2 N–H and O–H groups in total. The molecule has 1 aliphatic rings. The fourth-order valence-electron chi connectivity index (χ4n) is 1.65. The molecule has 0 saturated carbocycles. The van der Waals surface area contributed by atoms with Crippen LogP contribution in [-0.4, -0.2) is 48.3 Å². The molecule has 1 fully saturated rings. The molecule has 0 aliphatic carbocycles. The molecule has 3 nitrogen and oxygen atoms in total. The van der Waals surface area contributed by atoms with Gasteiger partial charge in [-0.2, -0.15) is 0 Å². The molecule has 0 bridgehead atoms. The number of aliphatic hydroxyl groups excluding tert-OH is 1. The van der Waals surface area contributed by atoms with Gasteiger partial charge in [0.2, 0.25) is 0 Å². The highest BCUT2D eigenvalue weighted by Crippen LogP contribution is 2.20. The van der Waals surface area contributed by atoms with Crippen molar-refractivity contribution in [2.24, 2.45) is 5.41 Å². The quantitative estimate of drug-likeness (QED) is 0.688. The summed E-state index contributed by atoms with van der Waals surface area (Å²) in [6.45, 7) is 12.4. The van der Waals surface area contributed by atoms with Crippen molar-refractivity contribution in [1.82, 2.24) is 10.2 Å². The van der Waals surface area contributed by atoms with Gasteiger partial charge < -0.3 is 10.4 Å². The van der Waals surface area contributed by atoms with Crippen molar-refractivity contribution in [3.05, 3.63) is 0 Å². The van der Waals surface area contributed by atoms with Gasteiger partial charge in [0.05, 0.1) is 6.10 Å². The Morgan fingerprint density at radius 3 is 2.64 bits per heavy atom. The summed E-state index contributed by atoms with van der Waals surface area (Å²) >= 11 is 0. The van der Waals surface area contributed by atoms with Crippen LogP contribution >= 0.6 is 0 Å². The number of β-amino-alcohol motifs (C(OH)–C–C–N with tert-alkyl or cyclic N) is 1. The number of hydrogen-bond donors (Lipinski definition) is 2. The maximum atomic E-state index is 9.99. The number of aliphatic hydroxyl groups is 1. The third kappa shape index (κ3) is 3.23. The number of rotatable bonds is 2. The zero-order valence-electron chi connectivity index (χ0n) is 9.88. The van der Waals surface area contributed by atoms with Crippen molar-refractivity contribution in [1.29, 1.82) is 0 Å². The third-order valence-electron chi connectivity index (χ3n) is 3.05. The molecular formula is C11H24N2O. The van der Waals surface area contributed by atoms with E-state index in [2.05, 4.69) is 37.9 Å². The first-order chi connectivity index (χ1) is 6.41. The second kappa shape index (κ2) is 4.60. The molecule has 3 heteroatoms. The molecule has 84 valence electrons. The molecule has 14 heavy (non-hydrogen) atoms. The predicted molar refractivity (Wildman–Crippen MR) is 59.4 cm³/mol. The Morgan fingerprint density at radius 1 is 1.50 bits per heavy atom. The highest BCUT2D eigenvalue weighted by atomic mass is 16.3. The lowest BCUT2D eigenvalue weighted by Gasteiger charge is -2.38. The molecule has 0 aromatic rings. The second-order valence-electron chi connectivity index (χ2n) is 5.43. The normalized spacial score (nSPS) is 27.6. The molecule has 0 spiro atoms. The van der Waals surface area contributed by atoms with Crippen molar-refractivity contribution in [3.63, 3.8) is 0 Å². The summed E-state index contributed by atoms with van der Waals surface area (Å²) in [4.78, 5) is 2.37. The molecule has 0 radical (unpaired) electrons. The Bertz CT molecular complexity index is 177. The largest absolute Gasteiger partial charge is 0.391 e. The van der Waals surface area contributed by atoms with Crippen molar-refractivity contribution >= 4 is 0 Å². The van der Waals surface area contributed by atoms with Crippen LogP contribution in [0.15, 0.2) is 0 Å². The Balaban J connectivity index is 2.42. The molecule has 0 aromatic carbocycles. The van der Waals surface area contributed by atoms with E-state index in [0.717, 1.165) is 26.2 Å². The van der Waals surface area contributed by atoms with Gasteiger partial charge in [0.15, 0.2) is 0 Å². The first-order valence-electron chi connectivity index (χ1n) is 5.54. The molecule has 2 atom stereocenters. The topological polar surface area (TPSA) is 35.5 Å². The highest BCUT2D eigenvalue weighted by molar-refractivity contribution is 4.82. The SMILES string of the molecule is C[C@@H]1CNCCN1CC(O)C(C)(C)C. The average molecular weight is 200 g/mol. The van der Waals surface area contributed by atoms with Crippen LogP contribution in [0, 0.1) is 5.41 Å². The third-order valence-corrected chi connectivity index (χ3v) is 3.05. The van der Waals surface area contributed by atoms with Crippen LogP contribution in [0.25, 0.3) is 0 Å². The van der Waals surface area contributed by atoms with E-state index >= 15 is 0 Å². The fraction of sp³-hybridized carbons (Fsp3) is 1.00. The summed E-state index contributed by atoms with van der Waals surface area (Å²) in [5.74, 6) is 0. The van der Waals surface area contributed by atoms with Gasteiger partial charge in [0.25, 0.3) is 0 Å². The molecule has 0 amide bonds. The Morgan fingerprint density at radius 2 is 2.14 bits per heavy atom.